The summed E-state index contributed by atoms with van der Waals surface area (Å²) in [5.41, 5.74) is 0.414. The number of aromatic nitrogens is 2. The maximum atomic E-state index is 12.8. The number of benzene rings is 1. The lowest BCUT2D eigenvalue weighted by Crippen LogP contribution is -2.39. The lowest BCUT2D eigenvalue weighted by molar-refractivity contribution is -0.120. The Bertz CT molecular complexity index is 1050. The van der Waals surface area contributed by atoms with Gasteiger partial charge in [-0.15, -0.1) is 0 Å². The van der Waals surface area contributed by atoms with Gasteiger partial charge in [-0.25, -0.2) is 17.7 Å². The van der Waals surface area contributed by atoms with Crippen LogP contribution in [0.5, 0.6) is 11.6 Å². The summed E-state index contributed by atoms with van der Waals surface area (Å²) in [6.07, 6.45) is 2.91. The van der Waals surface area contributed by atoms with Gasteiger partial charge >= 0.3 is 0 Å². The molecule has 1 aliphatic rings. The van der Waals surface area contributed by atoms with Crippen molar-refractivity contribution in [3.63, 3.8) is 0 Å². The van der Waals surface area contributed by atoms with Gasteiger partial charge in [0.15, 0.2) is 0 Å². The average Bonchev–Trinajstić information content (AvgIpc) is 2.80. The number of nitrogens with one attached hydrogen (secondary N) is 1. The molecule has 2 heterocycles. The average molecular weight is 464 g/mol. The smallest absolute Gasteiger partial charge is 0.246 e. The number of carbonyl (C=O) groups excluding carboxylic acids is 1. The molecule has 0 aliphatic carbocycles. The molecule has 10 nitrogen and oxygen atoms in total. The highest BCUT2D eigenvalue weighted by Crippen LogP contribution is 2.30. The number of nitrogens with zero attached hydrogens (tertiary/aromatic N) is 4. The van der Waals surface area contributed by atoms with Crippen molar-refractivity contribution < 1.29 is 22.7 Å². The Morgan fingerprint density at radius 3 is 2.59 bits per heavy atom. The van der Waals surface area contributed by atoms with Crippen LogP contribution in [0.2, 0.25) is 0 Å². The molecule has 0 bridgehead atoms. The van der Waals surface area contributed by atoms with E-state index in [-0.39, 0.29) is 22.5 Å². The number of rotatable bonds is 8. The normalized spacial score (nSPS) is 15.0. The van der Waals surface area contributed by atoms with E-state index in [1.807, 2.05) is 4.90 Å². The fraction of sp³-hybridized carbons (Fsp3) is 0.476. The molecule has 174 valence electrons. The molecule has 1 aromatic carbocycles. The Labute approximate surface area is 188 Å². The van der Waals surface area contributed by atoms with Gasteiger partial charge in [0.2, 0.25) is 27.8 Å². The van der Waals surface area contributed by atoms with Gasteiger partial charge in [0.1, 0.15) is 10.6 Å². The van der Waals surface area contributed by atoms with Crippen LogP contribution in [0, 0.1) is 5.92 Å². The van der Waals surface area contributed by atoms with Gasteiger partial charge in [0, 0.05) is 51.1 Å². The summed E-state index contributed by atoms with van der Waals surface area (Å²) in [6.45, 7) is 3.38. The molecule has 1 amide bonds. The molecule has 0 spiro atoms. The van der Waals surface area contributed by atoms with Gasteiger partial charge in [-0.3, -0.25) is 4.79 Å². The second-order valence-electron chi connectivity index (χ2n) is 7.53. The van der Waals surface area contributed by atoms with Gasteiger partial charge in [-0.1, -0.05) is 0 Å². The highest BCUT2D eigenvalue weighted by Gasteiger charge is 2.28. The molecular weight excluding hydrogens is 434 g/mol. The van der Waals surface area contributed by atoms with E-state index in [1.54, 1.807) is 38.4 Å². The molecule has 1 aromatic heterocycles. The second-order valence-corrected chi connectivity index (χ2v) is 9.65. The Balaban J connectivity index is 1.68. The molecule has 32 heavy (non-hydrogen) atoms. The third kappa shape index (κ3) is 5.28. The summed E-state index contributed by atoms with van der Waals surface area (Å²) in [4.78, 5) is 23.5. The zero-order valence-electron chi connectivity index (χ0n) is 18.7. The first-order valence-corrected chi connectivity index (χ1v) is 11.8. The second kappa shape index (κ2) is 10.1. The number of hydrogen-bond donors (Lipinski definition) is 1. The minimum Gasteiger partial charge on any atom is -0.492 e. The molecule has 3 rings (SSSR count). The highest BCUT2D eigenvalue weighted by atomic mass is 32.2. The Morgan fingerprint density at radius 2 is 1.97 bits per heavy atom. The Hall–Kier alpha value is -2.92. The van der Waals surface area contributed by atoms with Crippen LogP contribution in [0.3, 0.4) is 0 Å². The van der Waals surface area contributed by atoms with E-state index in [0.717, 1.165) is 4.31 Å². The fourth-order valence-corrected chi connectivity index (χ4v) is 4.49. The SMILES string of the molecule is CCOc1ccc(NC(=O)C2CCN(c3nccc(OC)n3)CC2)cc1S(=O)(=O)N(C)C. The summed E-state index contributed by atoms with van der Waals surface area (Å²) in [5.74, 6) is 0.985. The summed E-state index contributed by atoms with van der Waals surface area (Å²) in [7, 11) is 0.733. The Morgan fingerprint density at radius 1 is 1.25 bits per heavy atom. The third-order valence-electron chi connectivity index (χ3n) is 5.24. The van der Waals surface area contributed by atoms with E-state index in [4.69, 9.17) is 9.47 Å². The monoisotopic (exact) mass is 463 g/mol. The predicted molar refractivity (Wildman–Crippen MR) is 121 cm³/mol. The lowest BCUT2D eigenvalue weighted by Gasteiger charge is -2.31. The van der Waals surface area contributed by atoms with Gasteiger partial charge in [0.25, 0.3) is 0 Å². The van der Waals surface area contributed by atoms with Crippen molar-refractivity contribution in [2.24, 2.45) is 5.92 Å². The van der Waals surface area contributed by atoms with Crippen LogP contribution in [-0.2, 0) is 14.8 Å². The number of piperidine rings is 1. The maximum absolute atomic E-state index is 12.8. The summed E-state index contributed by atoms with van der Waals surface area (Å²) >= 11 is 0. The number of methoxy groups -OCH3 is 1. The largest absolute Gasteiger partial charge is 0.492 e. The van der Waals surface area contributed by atoms with Crippen LogP contribution in [0.1, 0.15) is 19.8 Å². The molecule has 0 saturated carbocycles. The predicted octanol–water partition coefficient (Wildman–Crippen LogP) is 1.99. The van der Waals surface area contributed by atoms with Crippen LogP contribution in [0.25, 0.3) is 0 Å². The molecule has 2 aromatic rings. The van der Waals surface area contributed by atoms with E-state index in [0.29, 0.717) is 50.1 Å². The third-order valence-corrected chi connectivity index (χ3v) is 7.08. The van der Waals surface area contributed by atoms with Crippen LogP contribution in [-0.4, -0.2) is 69.5 Å². The maximum Gasteiger partial charge on any atom is 0.246 e. The quantitative estimate of drug-likeness (QED) is 0.632. The number of hydrogen-bond acceptors (Lipinski definition) is 8. The molecule has 1 N–H and O–H groups in total. The van der Waals surface area contributed by atoms with Crippen molar-refractivity contribution in [1.82, 2.24) is 14.3 Å². The molecule has 0 radical (unpaired) electrons. The minimum absolute atomic E-state index is 0.0205. The molecular formula is C21H29N5O5S. The molecule has 1 aliphatic heterocycles. The van der Waals surface area contributed by atoms with Crippen molar-refractivity contribution in [3.8, 4) is 11.6 Å². The van der Waals surface area contributed by atoms with Crippen LogP contribution >= 0.6 is 0 Å². The van der Waals surface area contributed by atoms with E-state index >= 15 is 0 Å². The molecule has 0 atom stereocenters. The summed E-state index contributed by atoms with van der Waals surface area (Å²) < 4.78 is 37.1. The van der Waals surface area contributed by atoms with E-state index in [1.165, 1.54) is 20.2 Å². The van der Waals surface area contributed by atoms with Crippen molar-refractivity contribution in [3.05, 3.63) is 30.5 Å². The standard InChI is InChI=1S/C21H29N5O5S/c1-5-31-17-7-6-16(14-18(17)32(28,29)25(2)3)23-20(27)15-9-12-26(13-10-15)21-22-11-8-19(24-21)30-4/h6-8,11,14-15H,5,9-10,12-13H2,1-4H3,(H,23,27). The first-order valence-electron chi connectivity index (χ1n) is 10.4. The van der Waals surface area contributed by atoms with E-state index in [9.17, 15) is 13.2 Å². The van der Waals surface area contributed by atoms with Gasteiger partial charge in [0.05, 0.1) is 13.7 Å². The number of carbonyl (C=O) groups is 1. The van der Waals surface area contributed by atoms with Gasteiger partial charge in [-0.05, 0) is 38.0 Å². The zero-order valence-corrected chi connectivity index (χ0v) is 19.6. The summed E-state index contributed by atoms with van der Waals surface area (Å²) in [6, 6.07) is 6.34. The Kier molecular flexibility index (Phi) is 7.52. The van der Waals surface area contributed by atoms with Gasteiger partial charge in [-0.2, -0.15) is 4.98 Å². The first-order chi connectivity index (χ1) is 15.3. The minimum atomic E-state index is -3.73. The fourth-order valence-electron chi connectivity index (χ4n) is 3.44. The summed E-state index contributed by atoms with van der Waals surface area (Å²) in [5, 5.41) is 2.86. The number of anilines is 2. The number of amides is 1. The van der Waals surface area contributed by atoms with Crippen molar-refractivity contribution >= 4 is 27.6 Å². The first kappa shape index (κ1) is 23.7. The van der Waals surface area contributed by atoms with Crippen LogP contribution in [0.4, 0.5) is 11.6 Å². The van der Waals surface area contributed by atoms with Gasteiger partial charge < -0.3 is 19.7 Å². The topological polar surface area (TPSA) is 114 Å². The van der Waals surface area contributed by atoms with Crippen LogP contribution < -0.4 is 19.7 Å². The van der Waals surface area contributed by atoms with Crippen molar-refractivity contribution in [1.29, 1.82) is 0 Å². The number of ether oxygens (including phenoxy) is 2. The van der Waals surface area contributed by atoms with Crippen molar-refractivity contribution in [2.45, 2.75) is 24.7 Å². The molecule has 0 unspecified atom stereocenters. The zero-order chi connectivity index (χ0) is 23.3. The van der Waals surface area contributed by atoms with Crippen molar-refractivity contribution in [2.75, 3.05) is 51.1 Å². The van der Waals surface area contributed by atoms with E-state index < -0.39 is 10.0 Å². The van der Waals surface area contributed by atoms with E-state index in [2.05, 4.69) is 15.3 Å². The molecule has 11 heteroatoms. The molecule has 1 saturated heterocycles. The lowest BCUT2D eigenvalue weighted by atomic mass is 9.96. The number of sulfonamides is 1. The molecule has 1 fully saturated rings. The van der Waals surface area contributed by atoms with Crippen LogP contribution in [0.15, 0.2) is 35.4 Å². The highest BCUT2D eigenvalue weighted by molar-refractivity contribution is 7.89.